The number of hydrogen-bond donors (Lipinski definition) is 0. The maximum atomic E-state index is 10.1. The van der Waals surface area contributed by atoms with Crippen LogP contribution in [0.4, 0.5) is 0 Å². The molecule has 0 radical (unpaired) electrons. The minimum Gasteiger partial charge on any atom is -0.0642 e. The van der Waals surface area contributed by atoms with Gasteiger partial charge in [-0.15, -0.1) is 0 Å². The third kappa shape index (κ3) is 1.79. The van der Waals surface area contributed by atoms with Crippen molar-refractivity contribution < 1.29 is 22.1 Å². The molecule has 1 heterocycles. The molecule has 0 N–H and O–H groups in total. The van der Waals surface area contributed by atoms with Crippen molar-refractivity contribution in [3.63, 3.8) is 0 Å². The molecule has 0 saturated carbocycles. The van der Waals surface area contributed by atoms with Crippen molar-refractivity contribution in [3.8, 4) is 0 Å². The van der Waals surface area contributed by atoms with Gasteiger partial charge < -0.3 is 0 Å². The summed E-state index contributed by atoms with van der Waals surface area (Å²) in [5, 5.41) is 0. The average molecular weight is 174 g/mol. The van der Waals surface area contributed by atoms with E-state index in [0.717, 1.165) is 0 Å². The predicted octanol–water partition coefficient (Wildman–Crippen LogP) is 1.87. The molecule has 0 aromatic heterocycles. The van der Waals surface area contributed by atoms with Crippen LogP contribution >= 0.6 is 25.5 Å². The molecular formula is HO5P3+2. The van der Waals surface area contributed by atoms with Crippen molar-refractivity contribution in [2.75, 3.05) is 0 Å². The van der Waals surface area contributed by atoms with Gasteiger partial charge in [0.1, 0.15) is 0 Å². The maximum Gasteiger partial charge on any atom is 0.753 e. The van der Waals surface area contributed by atoms with Crippen LogP contribution in [0.2, 0.25) is 0 Å². The molecule has 0 aromatic carbocycles. The Labute approximate surface area is 48.6 Å². The zero-order chi connectivity index (χ0) is 5.98. The minimum atomic E-state index is -2.18. The predicted molar refractivity (Wildman–Crippen MR) is 26.8 cm³/mol. The van der Waals surface area contributed by atoms with E-state index in [4.69, 9.17) is 0 Å². The van der Waals surface area contributed by atoms with Gasteiger partial charge in [-0.25, -0.2) is 0 Å². The third-order valence-corrected chi connectivity index (χ3v) is 3.21. The molecule has 0 amide bonds. The van der Waals surface area contributed by atoms with Crippen molar-refractivity contribution in [2.24, 2.45) is 0 Å². The van der Waals surface area contributed by atoms with E-state index >= 15 is 0 Å². The van der Waals surface area contributed by atoms with E-state index < -0.39 is 25.5 Å². The first-order valence-corrected chi connectivity index (χ1v) is 4.51. The Kier molecular flexibility index (Phi) is 2.39. The highest BCUT2D eigenvalue weighted by atomic mass is 31.3. The largest absolute Gasteiger partial charge is 0.753 e. The smallest absolute Gasteiger partial charge is 0.0642 e. The van der Waals surface area contributed by atoms with E-state index in [9.17, 15) is 9.13 Å². The van der Waals surface area contributed by atoms with E-state index in [2.05, 4.69) is 12.9 Å². The van der Waals surface area contributed by atoms with Gasteiger partial charge in [0.05, 0.1) is 0 Å². The van der Waals surface area contributed by atoms with Crippen LogP contribution in [0.1, 0.15) is 0 Å². The summed E-state index contributed by atoms with van der Waals surface area (Å²) < 4.78 is 32.8. The Bertz CT molecular complexity index is 114. The molecule has 0 spiro atoms. The molecule has 0 aromatic rings. The zero-order valence-corrected chi connectivity index (χ0v) is 6.22. The Hall–Kier alpha value is 0.510. The monoisotopic (exact) mass is 174 g/mol. The van der Waals surface area contributed by atoms with Gasteiger partial charge in [-0.05, 0) is 0 Å². The van der Waals surface area contributed by atoms with Crippen LogP contribution in [-0.2, 0) is 22.1 Å². The van der Waals surface area contributed by atoms with Crippen LogP contribution in [0.5, 0.6) is 0 Å². The molecule has 1 fully saturated rings. The van der Waals surface area contributed by atoms with Gasteiger partial charge in [0.2, 0.25) is 0 Å². The van der Waals surface area contributed by atoms with Crippen LogP contribution in [0.25, 0.3) is 0 Å². The van der Waals surface area contributed by atoms with E-state index in [1.165, 1.54) is 0 Å². The van der Waals surface area contributed by atoms with Crippen molar-refractivity contribution in [2.45, 2.75) is 0 Å². The van der Waals surface area contributed by atoms with Gasteiger partial charge in [0.15, 0.2) is 4.31 Å². The summed E-state index contributed by atoms with van der Waals surface area (Å²) >= 11 is 0. The lowest BCUT2D eigenvalue weighted by Crippen LogP contribution is -1.74. The summed E-state index contributed by atoms with van der Waals surface area (Å²) in [4.78, 5) is 0. The van der Waals surface area contributed by atoms with Crippen LogP contribution in [0, 0.1) is 0 Å². The summed E-state index contributed by atoms with van der Waals surface area (Å²) in [6, 6.07) is 0. The summed E-state index contributed by atoms with van der Waals surface area (Å²) in [7, 11) is -4.78. The van der Waals surface area contributed by atoms with Crippen molar-refractivity contribution in [1.82, 2.24) is 0 Å². The average Bonchev–Trinajstić information content (AvgIpc) is 1.64. The van der Waals surface area contributed by atoms with E-state index in [1.54, 1.807) is 0 Å². The van der Waals surface area contributed by atoms with Crippen LogP contribution in [0.3, 0.4) is 0 Å². The molecule has 1 aliphatic rings. The first-order valence-electron chi connectivity index (χ1n) is 1.50. The molecule has 2 atom stereocenters. The highest BCUT2D eigenvalue weighted by Gasteiger charge is 2.46. The van der Waals surface area contributed by atoms with E-state index in [1.807, 2.05) is 0 Å². The minimum absolute atomic E-state index is 0.430. The molecule has 2 unspecified atom stereocenters. The normalized spacial score (nSPS) is 33.5. The first-order chi connectivity index (χ1) is 3.79. The Morgan fingerprint density at radius 3 is 1.88 bits per heavy atom. The molecule has 44 valence electrons. The second-order valence-corrected chi connectivity index (χ2v) is 3.97. The quantitative estimate of drug-likeness (QED) is 0.524. The highest BCUT2D eigenvalue weighted by molar-refractivity contribution is 7.59. The fraction of sp³-hybridized carbons (Fsp3) is 0. The van der Waals surface area contributed by atoms with Crippen molar-refractivity contribution in [1.29, 1.82) is 0 Å². The summed E-state index contributed by atoms with van der Waals surface area (Å²) in [5.74, 6) is 0. The molecular weight excluding hydrogens is 173 g/mol. The maximum absolute atomic E-state index is 10.1. The summed E-state index contributed by atoms with van der Waals surface area (Å²) in [6.07, 6.45) is 0. The lowest BCUT2D eigenvalue weighted by atomic mass is 15.7. The fourth-order valence-corrected chi connectivity index (χ4v) is 2.39. The van der Waals surface area contributed by atoms with Gasteiger partial charge in [-0.2, -0.15) is 0 Å². The van der Waals surface area contributed by atoms with E-state index in [-0.39, 0.29) is 0 Å². The third-order valence-electron chi connectivity index (χ3n) is 0.357. The first kappa shape index (κ1) is 6.63. The Morgan fingerprint density at radius 1 is 1.12 bits per heavy atom. The van der Waals surface area contributed by atoms with Crippen LogP contribution in [-0.4, -0.2) is 0 Å². The lowest BCUT2D eigenvalue weighted by molar-refractivity contribution is 0.356. The number of rotatable bonds is 0. The number of hydrogen-bond acceptors (Lipinski definition) is 5. The van der Waals surface area contributed by atoms with E-state index in [0.29, 0.717) is 0 Å². The SMILES string of the molecule is O=[P+]1OPO[P+](=O)O1. The topological polar surface area (TPSA) is 61.8 Å². The second-order valence-electron chi connectivity index (χ2n) is 0.795. The van der Waals surface area contributed by atoms with Crippen molar-refractivity contribution in [3.05, 3.63) is 0 Å². The molecule has 0 aliphatic carbocycles. The van der Waals surface area contributed by atoms with Crippen molar-refractivity contribution >= 4 is 25.5 Å². The van der Waals surface area contributed by atoms with Gasteiger partial charge in [0, 0.05) is 9.13 Å². The summed E-state index contributed by atoms with van der Waals surface area (Å²) in [6.45, 7) is 0. The molecule has 1 saturated heterocycles. The van der Waals surface area contributed by atoms with Crippen LogP contribution in [0.15, 0.2) is 0 Å². The summed E-state index contributed by atoms with van der Waals surface area (Å²) in [5.41, 5.74) is 0. The molecule has 1 rings (SSSR count). The van der Waals surface area contributed by atoms with Gasteiger partial charge in [0.25, 0.3) is 9.03 Å². The van der Waals surface area contributed by atoms with Crippen LogP contribution < -0.4 is 0 Å². The molecule has 1 aliphatic heterocycles. The molecule has 8 heavy (non-hydrogen) atoms. The zero-order valence-electron chi connectivity index (χ0n) is 3.44. The Balaban J connectivity index is 2.45. The Morgan fingerprint density at radius 2 is 1.62 bits per heavy atom. The fourth-order valence-electron chi connectivity index (χ4n) is 0.165. The van der Waals surface area contributed by atoms with Gasteiger partial charge in [-0.1, -0.05) is 8.62 Å². The second kappa shape index (κ2) is 2.88. The molecule has 0 bridgehead atoms. The lowest BCUT2D eigenvalue weighted by Gasteiger charge is -1.80. The molecule has 5 nitrogen and oxygen atoms in total. The molecule has 8 heteroatoms. The highest BCUT2D eigenvalue weighted by Crippen LogP contribution is 2.54. The standard InChI is InChI=1S/HO5P3/c1-7-3-6-4-8(2)5-7/h6H/q+2. The van der Waals surface area contributed by atoms with Gasteiger partial charge in [-0.3, -0.25) is 0 Å². The van der Waals surface area contributed by atoms with Gasteiger partial charge >= 0.3 is 16.5 Å².